The third-order valence-corrected chi connectivity index (χ3v) is 2.65. The molecule has 1 aliphatic rings. The molecule has 0 saturated carbocycles. The Morgan fingerprint density at radius 1 is 1.29 bits per heavy atom. The Kier molecular flexibility index (Phi) is 2.50. The maximum atomic E-state index is 10.7. The minimum Gasteiger partial charge on any atom is -0.480 e. The predicted octanol–water partition coefficient (Wildman–Crippen LogP) is 1.56. The third kappa shape index (κ3) is 1.77. The van der Waals surface area contributed by atoms with Gasteiger partial charge < -0.3 is 5.11 Å². The first-order valence-corrected chi connectivity index (χ1v) is 4.81. The lowest BCUT2D eigenvalue weighted by Gasteiger charge is -2.11. The SMILES string of the molecule is O=C(O)C1CCC(c2ccccc2)N1. The number of carboxylic acids is 1. The van der Waals surface area contributed by atoms with Gasteiger partial charge in [0, 0.05) is 6.04 Å². The first-order valence-electron chi connectivity index (χ1n) is 4.81. The molecule has 3 heteroatoms. The van der Waals surface area contributed by atoms with E-state index in [1.54, 1.807) is 0 Å². The van der Waals surface area contributed by atoms with Crippen molar-refractivity contribution in [1.82, 2.24) is 5.32 Å². The standard InChI is InChI=1S/C11H13NO2/c13-11(14)10-7-6-9(12-10)8-4-2-1-3-5-8/h1-5,9-10,12H,6-7H2,(H,13,14). The van der Waals surface area contributed by atoms with Crippen molar-refractivity contribution in [2.45, 2.75) is 24.9 Å². The van der Waals surface area contributed by atoms with Crippen LogP contribution < -0.4 is 5.32 Å². The fourth-order valence-corrected chi connectivity index (χ4v) is 1.89. The monoisotopic (exact) mass is 191 g/mol. The van der Waals surface area contributed by atoms with Gasteiger partial charge in [-0.3, -0.25) is 10.1 Å². The van der Waals surface area contributed by atoms with Gasteiger partial charge in [0.1, 0.15) is 6.04 Å². The summed E-state index contributed by atoms with van der Waals surface area (Å²) < 4.78 is 0. The van der Waals surface area contributed by atoms with Crippen molar-refractivity contribution in [1.29, 1.82) is 0 Å². The van der Waals surface area contributed by atoms with Crippen molar-refractivity contribution in [2.75, 3.05) is 0 Å². The number of rotatable bonds is 2. The van der Waals surface area contributed by atoms with Gasteiger partial charge in [-0.2, -0.15) is 0 Å². The van der Waals surface area contributed by atoms with Crippen molar-refractivity contribution < 1.29 is 9.90 Å². The summed E-state index contributed by atoms with van der Waals surface area (Å²) in [5.41, 5.74) is 1.18. The van der Waals surface area contributed by atoms with Crippen LogP contribution >= 0.6 is 0 Å². The van der Waals surface area contributed by atoms with E-state index in [0.29, 0.717) is 0 Å². The number of carboxylic acid groups (broad SMARTS) is 1. The molecule has 2 atom stereocenters. The molecule has 0 bridgehead atoms. The Morgan fingerprint density at radius 3 is 2.57 bits per heavy atom. The Balaban J connectivity index is 2.06. The molecule has 0 radical (unpaired) electrons. The Hall–Kier alpha value is -1.35. The van der Waals surface area contributed by atoms with E-state index in [0.717, 1.165) is 12.8 Å². The minimum atomic E-state index is -0.747. The van der Waals surface area contributed by atoms with E-state index < -0.39 is 5.97 Å². The highest BCUT2D eigenvalue weighted by molar-refractivity contribution is 5.73. The van der Waals surface area contributed by atoms with Crippen LogP contribution in [0.3, 0.4) is 0 Å². The van der Waals surface area contributed by atoms with E-state index in [-0.39, 0.29) is 12.1 Å². The summed E-state index contributed by atoms with van der Waals surface area (Å²) in [5.74, 6) is -0.747. The van der Waals surface area contributed by atoms with Crippen LogP contribution in [0.15, 0.2) is 30.3 Å². The van der Waals surface area contributed by atoms with Crippen LogP contribution in [0.4, 0.5) is 0 Å². The topological polar surface area (TPSA) is 49.3 Å². The van der Waals surface area contributed by atoms with Crippen molar-refractivity contribution in [3.8, 4) is 0 Å². The lowest BCUT2D eigenvalue weighted by molar-refractivity contribution is -0.139. The second-order valence-electron chi connectivity index (χ2n) is 3.60. The lowest BCUT2D eigenvalue weighted by Crippen LogP contribution is -2.31. The number of hydrogen-bond donors (Lipinski definition) is 2. The number of nitrogens with one attached hydrogen (secondary N) is 1. The van der Waals surface area contributed by atoms with Crippen LogP contribution in [0, 0.1) is 0 Å². The first kappa shape index (κ1) is 9.21. The van der Waals surface area contributed by atoms with E-state index in [2.05, 4.69) is 5.32 Å². The van der Waals surface area contributed by atoms with Crippen molar-refractivity contribution in [2.24, 2.45) is 0 Å². The van der Waals surface area contributed by atoms with E-state index >= 15 is 0 Å². The maximum Gasteiger partial charge on any atom is 0.320 e. The minimum absolute atomic E-state index is 0.206. The summed E-state index contributed by atoms with van der Waals surface area (Å²) in [6.45, 7) is 0. The van der Waals surface area contributed by atoms with Crippen molar-refractivity contribution >= 4 is 5.97 Å². The molecule has 2 rings (SSSR count). The van der Waals surface area contributed by atoms with Gasteiger partial charge in [0.15, 0.2) is 0 Å². The summed E-state index contributed by atoms with van der Waals surface area (Å²) in [7, 11) is 0. The van der Waals surface area contributed by atoms with Crippen LogP contribution in [0.2, 0.25) is 0 Å². The summed E-state index contributed by atoms with van der Waals surface area (Å²) in [6.07, 6.45) is 1.62. The van der Waals surface area contributed by atoms with Crippen LogP contribution in [-0.2, 0) is 4.79 Å². The van der Waals surface area contributed by atoms with Crippen LogP contribution in [-0.4, -0.2) is 17.1 Å². The zero-order valence-electron chi connectivity index (χ0n) is 7.81. The quantitative estimate of drug-likeness (QED) is 0.746. The Labute approximate surface area is 82.8 Å². The van der Waals surface area contributed by atoms with E-state index in [1.807, 2.05) is 30.3 Å². The Morgan fingerprint density at radius 2 is 2.00 bits per heavy atom. The fraction of sp³-hybridized carbons (Fsp3) is 0.364. The van der Waals surface area contributed by atoms with E-state index in [4.69, 9.17) is 5.11 Å². The number of benzene rings is 1. The predicted molar refractivity (Wildman–Crippen MR) is 53.0 cm³/mol. The summed E-state index contributed by atoms with van der Waals surface area (Å²) in [6, 6.07) is 9.81. The second-order valence-corrected chi connectivity index (χ2v) is 3.60. The molecule has 1 heterocycles. The van der Waals surface area contributed by atoms with E-state index in [9.17, 15) is 4.79 Å². The molecule has 1 aromatic rings. The summed E-state index contributed by atoms with van der Waals surface area (Å²) >= 11 is 0. The third-order valence-electron chi connectivity index (χ3n) is 2.65. The molecule has 14 heavy (non-hydrogen) atoms. The number of aliphatic carboxylic acids is 1. The van der Waals surface area contributed by atoms with Gasteiger partial charge in [0.05, 0.1) is 0 Å². The average molecular weight is 191 g/mol. The second kappa shape index (κ2) is 3.80. The van der Waals surface area contributed by atoms with Crippen molar-refractivity contribution in [3.63, 3.8) is 0 Å². The van der Waals surface area contributed by atoms with Crippen LogP contribution in [0.25, 0.3) is 0 Å². The molecule has 0 spiro atoms. The molecule has 3 nitrogen and oxygen atoms in total. The van der Waals surface area contributed by atoms with Gasteiger partial charge in [0.2, 0.25) is 0 Å². The molecule has 0 aliphatic carbocycles. The zero-order chi connectivity index (χ0) is 9.97. The molecular weight excluding hydrogens is 178 g/mol. The van der Waals surface area contributed by atoms with Gasteiger partial charge in [-0.05, 0) is 18.4 Å². The molecule has 1 fully saturated rings. The molecule has 2 N–H and O–H groups in total. The molecule has 1 aromatic carbocycles. The van der Waals surface area contributed by atoms with Gasteiger partial charge >= 0.3 is 5.97 Å². The fourth-order valence-electron chi connectivity index (χ4n) is 1.89. The highest BCUT2D eigenvalue weighted by atomic mass is 16.4. The summed E-state index contributed by atoms with van der Waals surface area (Å²) in [5, 5.41) is 11.9. The van der Waals surface area contributed by atoms with Crippen LogP contribution in [0.5, 0.6) is 0 Å². The average Bonchev–Trinajstić information content (AvgIpc) is 2.68. The molecule has 1 saturated heterocycles. The van der Waals surface area contributed by atoms with Gasteiger partial charge in [-0.1, -0.05) is 30.3 Å². The largest absolute Gasteiger partial charge is 0.480 e. The first-order chi connectivity index (χ1) is 6.77. The molecule has 2 unspecified atom stereocenters. The maximum absolute atomic E-state index is 10.7. The normalized spacial score (nSPS) is 26.3. The highest BCUT2D eigenvalue weighted by Crippen LogP contribution is 2.26. The molecule has 0 amide bonds. The smallest absolute Gasteiger partial charge is 0.320 e. The molecule has 74 valence electrons. The molecule has 0 aromatic heterocycles. The molecular formula is C11H13NO2. The van der Waals surface area contributed by atoms with Gasteiger partial charge in [-0.25, -0.2) is 0 Å². The van der Waals surface area contributed by atoms with E-state index in [1.165, 1.54) is 5.56 Å². The molecule has 1 aliphatic heterocycles. The highest BCUT2D eigenvalue weighted by Gasteiger charge is 2.29. The number of carbonyl (C=O) groups is 1. The van der Waals surface area contributed by atoms with Gasteiger partial charge in [-0.15, -0.1) is 0 Å². The van der Waals surface area contributed by atoms with Crippen LogP contribution in [0.1, 0.15) is 24.4 Å². The number of hydrogen-bond acceptors (Lipinski definition) is 2. The lowest BCUT2D eigenvalue weighted by atomic mass is 10.1. The van der Waals surface area contributed by atoms with Crippen molar-refractivity contribution in [3.05, 3.63) is 35.9 Å². The van der Waals surface area contributed by atoms with Gasteiger partial charge in [0.25, 0.3) is 0 Å². The zero-order valence-corrected chi connectivity index (χ0v) is 7.81. The Bertz CT molecular complexity index is 323. The summed E-state index contributed by atoms with van der Waals surface area (Å²) in [4.78, 5) is 10.7.